The first-order valence-electron chi connectivity index (χ1n) is 4.99. The third kappa shape index (κ3) is 5.00. The second-order valence-corrected chi connectivity index (χ2v) is 3.67. The van der Waals surface area contributed by atoms with E-state index in [0.717, 1.165) is 5.69 Å². The second kappa shape index (κ2) is 6.01. The fourth-order valence-electron chi connectivity index (χ4n) is 0.959. The summed E-state index contributed by atoms with van der Waals surface area (Å²) >= 11 is 0. The Balaban J connectivity index is 2.23. The minimum atomic E-state index is -0.394. The van der Waals surface area contributed by atoms with Gasteiger partial charge in [-0.25, -0.2) is 4.79 Å². The summed E-state index contributed by atoms with van der Waals surface area (Å²) in [5.41, 5.74) is 0.819. The molecule has 1 amide bonds. The molecule has 0 aliphatic carbocycles. The van der Waals surface area contributed by atoms with Crippen LogP contribution in [0.5, 0.6) is 0 Å². The number of rotatable bonds is 4. The van der Waals surface area contributed by atoms with Gasteiger partial charge in [0.2, 0.25) is 0 Å². The molecule has 0 radical (unpaired) electrons. The second-order valence-electron chi connectivity index (χ2n) is 3.67. The number of amides is 1. The van der Waals surface area contributed by atoms with Gasteiger partial charge in [0.05, 0.1) is 18.8 Å². The molecule has 1 N–H and O–H groups in total. The molecule has 1 aromatic rings. The lowest BCUT2D eigenvalue weighted by Crippen LogP contribution is -2.25. The zero-order chi connectivity index (χ0) is 11.1. The van der Waals surface area contributed by atoms with Crippen LogP contribution >= 0.6 is 0 Å². The van der Waals surface area contributed by atoms with Crippen molar-refractivity contribution >= 4 is 6.09 Å². The zero-order valence-corrected chi connectivity index (χ0v) is 9.06. The van der Waals surface area contributed by atoms with Crippen LogP contribution in [0.2, 0.25) is 0 Å². The summed E-state index contributed by atoms with van der Waals surface area (Å²) in [7, 11) is 0. The van der Waals surface area contributed by atoms with Crippen molar-refractivity contribution in [1.29, 1.82) is 0 Å². The molecule has 1 aromatic heterocycles. The van der Waals surface area contributed by atoms with Gasteiger partial charge in [0, 0.05) is 6.20 Å². The molecule has 0 atom stereocenters. The standard InChI is InChI=1S/C11H16N2O2/c1-9(2)8-15-11(14)13-7-10-5-3-4-6-12-10/h3-6,9H,7-8H2,1-2H3,(H,13,14). The minimum absolute atomic E-state index is 0.352. The van der Waals surface area contributed by atoms with Crippen molar-refractivity contribution in [3.05, 3.63) is 30.1 Å². The van der Waals surface area contributed by atoms with E-state index < -0.39 is 6.09 Å². The summed E-state index contributed by atoms with van der Waals surface area (Å²) in [5, 5.41) is 2.63. The van der Waals surface area contributed by atoms with Crippen molar-refractivity contribution in [2.24, 2.45) is 5.92 Å². The lowest BCUT2D eigenvalue weighted by atomic mass is 10.2. The maximum Gasteiger partial charge on any atom is 0.407 e. The van der Waals surface area contributed by atoms with E-state index in [2.05, 4.69) is 10.3 Å². The van der Waals surface area contributed by atoms with E-state index in [1.807, 2.05) is 32.0 Å². The van der Waals surface area contributed by atoms with Crippen LogP contribution < -0.4 is 5.32 Å². The number of hydrogen-bond acceptors (Lipinski definition) is 3. The number of pyridine rings is 1. The van der Waals surface area contributed by atoms with Crippen molar-refractivity contribution < 1.29 is 9.53 Å². The lowest BCUT2D eigenvalue weighted by molar-refractivity contribution is 0.132. The number of nitrogens with one attached hydrogen (secondary N) is 1. The predicted molar refractivity (Wildman–Crippen MR) is 57.3 cm³/mol. The Morgan fingerprint density at radius 3 is 2.93 bits per heavy atom. The monoisotopic (exact) mass is 208 g/mol. The van der Waals surface area contributed by atoms with Crippen LogP contribution in [0.1, 0.15) is 19.5 Å². The normalized spacial score (nSPS) is 10.1. The van der Waals surface area contributed by atoms with E-state index in [0.29, 0.717) is 19.1 Å². The van der Waals surface area contributed by atoms with Gasteiger partial charge in [-0.3, -0.25) is 4.98 Å². The first-order chi connectivity index (χ1) is 7.18. The van der Waals surface area contributed by atoms with Gasteiger partial charge in [0.15, 0.2) is 0 Å². The van der Waals surface area contributed by atoms with Crippen LogP contribution in [0.3, 0.4) is 0 Å². The van der Waals surface area contributed by atoms with Crippen LogP contribution in [0.4, 0.5) is 4.79 Å². The lowest BCUT2D eigenvalue weighted by Gasteiger charge is -2.08. The first kappa shape index (κ1) is 11.5. The molecule has 4 heteroatoms. The van der Waals surface area contributed by atoms with Crippen molar-refractivity contribution in [3.8, 4) is 0 Å². The van der Waals surface area contributed by atoms with Gasteiger partial charge in [-0.2, -0.15) is 0 Å². The number of alkyl carbamates (subject to hydrolysis) is 1. The number of hydrogen-bond donors (Lipinski definition) is 1. The molecule has 0 bridgehead atoms. The molecule has 15 heavy (non-hydrogen) atoms. The number of ether oxygens (including phenoxy) is 1. The Morgan fingerprint density at radius 1 is 1.53 bits per heavy atom. The highest BCUT2D eigenvalue weighted by atomic mass is 16.5. The quantitative estimate of drug-likeness (QED) is 0.823. The fourth-order valence-corrected chi connectivity index (χ4v) is 0.959. The van der Waals surface area contributed by atoms with Gasteiger partial charge >= 0.3 is 6.09 Å². The highest BCUT2D eigenvalue weighted by Crippen LogP contribution is 1.95. The molecule has 0 aliphatic heterocycles. The fraction of sp³-hybridized carbons (Fsp3) is 0.455. The van der Waals surface area contributed by atoms with Gasteiger partial charge in [-0.15, -0.1) is 0 Å². The largest absolute Gasteiger partial charge is 0.449 e. The Hall–Kier alpha value is -1.58. The van der Waals surface area contributed by atoms with E-state index in [1.54, 1.807) is 6.20 Å². The first-order valence-corrected chi connectivity index (χ1v) is 4.99. The van der Waals surface area contributed by atoms with Crippen molar-refractivity contribution in [2.45, 2.75) is 20.4 Å². The van der Waals surface area contributed by atoms with E-state index in [9.17, 15) is 4.79 Å². The van der Waals surface area contributed by atoms with E-state index in [1.165, 1.54) is 0 Å². The Bertz CT molecular complexity index is 299. The molecule has 0 unspecified atom stereocenters. The highest BCUT2D eigenvalue weighted by Gasteiger charge is 2.03. The maximum absolute atomic E-state index is 11.2. The molecule has 0 spiro atoms. The summed E-state index contributed by atoms with van der Waals surface area (Å²) in [6.07, 6.45) is 1.30. The average Bonchev–Trinajstić information content (AvgIpc) is 2.25. The summed E-state index contributed by atoms with van der Waals surface area (Å²) in [6.45, 7) is 4.82. The summed E-state index contributed by atoms with van der Waals surface area (Å²) in [4.78, 5) is 15.2. The molecular weight excluding hydrogens is 192 g/mol. The van der Waals surface area contributed by atoms with Gasteiger partial charge in [0.1, 0.15) is 0 Å². The van der Waals surface area contributed by atoms with Crippen molar-refractivity contribution in [2.75, 3.05) is 6.61 Å². The van der Waals surface area contributed by atoms with Crippen LogP contribution in [0.15, 0.2) is 24.4 Å². The molecule has 0 aromatic carbocycles. The Kier molecular flexibility index (Phi) is 4.60. The van der Waals surface area contributed by atoms with Gasteiger partial charge in [-0.1, -0.05) is 19.9 Å². The number of carbonyl (C=O) groups excluding carboxylic acids is 1. The number of nitrogens with zero attached hydrogens (tertiary/aromatic N) is 1. The van der Waals surface area contributed by atoms with Gasteiger partial charge < -0.3 is 10.1 Å². The Labute approximate surface area is 89.7 Å². The summed E-state index contributed by atoms with van der Waals surface area (Å²) in [5.74, 6) is 0.352. The smallest absolute Gasteiger partial charge is 0.407 e. The van der Waals surface area contributed by atoms with Crippen LogP contribution in [-0.2, 0) is 11.3 Å². The van der Waals surface area contributed by atoms with Crippen LogP contribution in [0.25, 0.3) is 0 Å². The highest BCUT2D eigenvalue weighted by molar-refractivity contribution is 5.67. The molecule has 82 valence electrons. The number of carbonyl (C=O) groups is 1. The molecule has 0 saturated carbocycles. The third-order valence-corrected chi connectivity index (χ3v) is 1.69. The molecular formula is C11H16N2O2. The number of aromatic nitrogens is 1. The van der Waals surface area contributed by atoms with E-state index in [-0.39, 0.29) is 0 Å². The topological polar surface area (TPSA) is 51.2 Å². The minimum Gasteiger partial charge on any atom is -0.449 e. The average molecular weight is 208 g/mol. The molecule has 0 saturated heterocycles. The molecule has 1 rings (SSSR count). The SMILES string of the molecule is CC(C)COC(=O)NCc1ccccn1. The predicted octanol–water partition coefficient (Wildman–Crippen LogP) is 1.96. The van der Waals surface area contributed by atoms with E-state index in [4.69, 9.17) is 4.74 Å². The molecule has 0 fully saturated rings. The van der Waals surface area contributed by atoms with Crippen molar-refractivity contribution in [3.63, 3.8) is 0 Å². The third-order valence-electron chi connectivity index (χ3n) is 1.69. The van der Waals surface area contributed by atoms with Crippen molar-refractivity contribution in [1.82, 2.24) is 10.3 Å². The van der Waals surface area contributed by atoms with Crippen LogP contribution in [-0.4, -0.2) is 17.7 Å². The van der Waals surface area contributed by atoms with E-state index >= 15 is 0 Å². The molecule has 1 heterocycles. The zero-order valence-electron chi connectivity index (χ0n) is 9.06. The maximum atomic E-state index is 11.2. The Morgan fingerprint density at radius 2 is 2.33 bits per heavy atom. The summed E-state index contributed by atoms with van der Waals surface area (Å²) in [6, 6.07) is 5.56. The molecule has 4 nitrogen and oxygen atoms in total. The molecule has 0 aliphatic rings. The van der Waals surface area contributed by atoms with Crippen LogP contribution in [0, 0.1) is 5.92 Å². The summed E-state index contributed by atoms with van der Waals surface area (Å²) < 4.78 is 4.95. The van der Waals surface area contributed by atoms with Gasteiger partial charge in [-0.05, 0) is 18.1 Å². The van der Waals surface area contributed by atoms with Gasteiger partial charge in [0.25, 0.3) is 0 Å².